The minimum atomic E-state index is -1.31. The molecule has 2 fully saturated rings. The van der Waals surface area contributed by atoms with Crippen molar-refractivity contribution < 1.29 is 43.3 Å². The van der Waals surface area contributed by atoms with E-state index in [4.69, 9.17) is 14.6 Å². The molecule has 262 valence electrons. The number of carboxylic acid groups (broad SMARTS) is 1. The predicted molar refractivity (Wildman–Crippen MR) is 175 cm³/mol. The van der Waals surface area contributed by atoms with Crippen LogP contribution in [0, 0.1) is 0 Å². The molecule has 1 saturated carbocycles. The summed E-state index contributed by atoms with van der Waals surface area (Å²) in [4.78, 5) is 74.9. The van der Waals surface area contributed by atoms with E-state index in [2.05, 4.69) is 10.6 Å². The third-order valence-electron chi connectivity index (χ3n) is 8.11. The van der Waals surface area contributed by atoms with Gasteiger partial charge in [0.2, 0.25) is 23.5 Å². The first-order valence-electron chi connectivity index (χ1n) is 16.7. The summed E-state index contributed by atoms with van der Waals surface area (Å²) in [6, 6.07) is 5.10. The quantitative estimate of drug-likeness (QED) is 0.183. The second-order valence-electron chi connectivity index (χ2n) is 11.9. The first kappa shape index (κ1) is 39.2. The van der Waals surface area contributed by atoms with Crippen molar-refractivity contribution in [2.45, 2.75) is 109 Å². The molecule has 1 aromatic carbocycles. The second-order valence-corrected chi connectivity index (χ2v) is 11.9. The number of hydrogen-bond acceptors (Lipinski definition) is 8. The van der Waals surface area contributed by atoms with E-state index in [1.54, 1.807) is 38.3 Å². The van der Waals surface area contributed by atoms with Gasteiger partial charge in [-0.2, -0.15) is 0 Å². The van der Waals surface area contributed by atoms with Gasteiger partial charge in [-0.3, -0.25) is 28.8 Å². The van der Waals surface area contributed by atoms with Crippen LogP contribution in [0.5, 0.6) is 5.75 Å². The highest BCUT2D eigenvalue weighted by atomic mass is 16.5. The van der Waals surface area contributed by atoms with Gasteiger partial charge in [0.05, 0.1) is 31.7 Å². The summed E-state index contributed by atoms with van der Waals surface area (Å²) in [5.74, 6) is -4.14. The molecule has 1 aliphatic carbocycles. The lowest BCUT2D eigenvalue weighted by Crippen LogP contribution is -2.54. The number of nitrogens with one attached hydrogen (secondary N) is 3. The van der Waals surface area contributed by atoms with Crippen LogP contribution >= 0.6 is 0 Å². The number of benzene rings is 1. The highest BCUT2D eigenvalue weighted by Gasteiger charge is 2.36. The molecule has 3 atom stereocenters. The van der Waals surface area contributed by atoms with E-state index in [0.29, 0.717) is 43.7 Å². The van der Waals surface area contributed by atoms with Crippen LogP contribution in [0.15, 0.2) is 24.3 Å². The Morgan fingerprint density at radius 1 is 0.957 bits per heavy atom. The number of carbonyl (C=O) groups is 6. The third-order valence-corrected chi connectivity index (χ3v) is 8.11. The van der Waals surface area contributed by atoms with Crippen molar-refractivity contribution in [2.24, 2.45) is 0 Å². The molecule has 3 rings (SSSR count). The number of carbonyl (C=O) groups excluding carboxylic acids is 5. The summed E-state index contributed by atoms with van der Waals surface area (Å²) in [7, 11) is 1.63. The lowest BCUT2D eigenvalue weighted by Gasteiger charge is -2.26. The van der Waals surface area contributed by atoms with Crippen LogP contribution < -0.4 is 20.7 Å². The van der Waals surface area contributed by atoms with E-state index in [1.807, 2.05) is 12.2 Å². The molecule has 4 amide bonds. The Balaban J connectivity index is 0.00000114. The number of rotatable bonds is 17. The number of aliphatic carboxylic acids is 1. The molecule has 0 bridgehead atoms. The van der Waals surface area contributed by atoms with E-state index in [-0.39, 0.29) is 31.4 Å². The fourth-order valence-electron chi connectivity index (χ4n) is 5.35. The van der Waals surface area contributed by atoms with E-state index in [0.717, 1.165) is 6.42 Å². The molecular weight excluding hydrogens is 608 g/mol. The molecule has 1 heterocycles. The van der Waals surface area contributed by atoms with Gasteiger partial charge in [-0.15, -0.1) is 0 Å². The standard InChI is InChI=1S/C28H40N4O9.C6H12/c1-4-7-21(26(37)28(39)30-17-25(35)36)31-27(38)22-10-6-12-32(22)24(34)16-29-23(33)15-19-8-5-9-20(14-19)41-13-11-18(2)40-3;1-2-4-6-5-3-1/h5,8-9,14,18,21-22H,4,6-7,10-13,15-17H2,1-3H3,(H,29,33)(H,30,39)(H,31,38)(H,35,36);1-6H2. The average molecular weight is 661 g/mol. The van der Waals surface area contributed by atoms with Crippen molar-refractivity contribution in [1.29, 1.82) is 0 Å². The van der Waals surface area contributed by atoms with Crippen molar-refractivity contribution >= 4 is 35.4 Å². The maximum Gasteiger partial charge on any atom is 0.322 e. The molecule has 47 heavy (non-hydrogen) atoms. The van der Waals surface area contributed by atoms with Gasteiger partial charge in [-0.05, 0) is 43.9 Å². The summed E-state index contributed by atoms with van der Waals surface area (Å²) >= 11 is 0. The Hall–Kier alpha value is -4.00. The normalized spacial score (nSPS) is 16.9. The van der Waals surface area contributed by atoms with Gasteiger partial charge < -0.3 is 35.4 Å². The Morgan fingerprint density at radius 2 is 1.64 bits per heavy atom. The van der Waals surface area contributed by atoms with E-state index >= 15 is 0 Å². The smallest absolute Gasteiger partial charge is 0.322 e. The fourth-order valence-corrected chi connectivity index (χ4v) is 5.35. The fraction of sp³-hybridized carbons (Fsp3) is 0.647. The van der Waals surface area contributed by atoms with E-state index < -0.39 is 48.1 Å². The molecule has 2 aliphatic rings. The number of Topliss-reactive ketones (excluding diaryl/α,β-unsaturated/α-hetero) is 1. The van der Waals surface area contributed by atoms with Gasteiger partial charge in [0.25, 0.3) is 5.91 Å². The number of nitrogens with zero attached hydrogens (tertiary/aromatic N) is 1. The summed E-state index contributed by atoms with van der Waals surface area (Å²) in [5, 5.41) is 15.8. The zero-order chi connectivity index (χ0) is 34.6. The number of ether oxygens (including phenoxy) is 2. The van der Waals surface area contributed by atoms with Gasteiger partial charge in [0, 0.05) is 20.1 Å². The van der Waals surface area contributed by atoms with Crippen molar-refractivity contribution in [2.75, 3.05) is 33.4 Å². The van der Waals surface area contributed by atoms with E-state index in [1.165, 1.54) is 43.4 Å². The van der Waals surface area contributed by atoms with Gasteiger partial charge in [0.15, 0.2) is 0 Å². The van der Waals surface area contributed by atoms with Crippen LogP contribution in [-0.4, -0.2) is 96.9 Å². The van der Waals surface area contributed by atoms with Crippen LogP contribution in [0.2, 0.25) is 0 Å². The number of ketones is 1. The lowest BCUT2D eigenvalue weighted by atomic mass is 10.0. The van der Waals surface area contributed by atoms with Crippen molar-refractivity contribution in [3.05, 3.63) is 29.8 Å². The molecule has 0 spiro atoms. The highest BCUT2D eigenvalue weighted by molar-refractivity contribution is 6.38. The zero-order valence-electron chi connectivity index (χ0n) is 28.0. The van der Waals surface area contributed by atoms with Crippen LogP contribution in [0.4, 0.5) is 0 Å². The van der Waals surface area contributed by atoms with Crippen molar-refractivity contribution in [3.63, 3.8) is 0 Å². The monoisotopic (exact) mass is 660 g/mol. The molecule has 1 saturated heterocycles. The largest absolute Gasteiger partial charge is 0.493 e. The number of hydrogen-bond donors (Lipinski definition) is 4. The van der Waals surface area contributed by atoms with Crippen LogP contribution in [0.1, 0.15) is 90.0 Å². The van der Waals surface area contributed by atoms with E-state index in [9.17, 15) is 28.8 Å². The first-order valence-corrected chi connectivity index (χ1v) is 16.7. The first-order chi connectivity index (χ1) is 22.5. The molecule has 13 nitrogen and oxygen atoms in total. The zero-order valence-corrected chi connectivity index (χ0v) is 28.0. The highest BCUT2D eigenvalue weighted by Crippen LogP contribution is 2.19. The molecular formula is C34H52N4O9. The Morgan fingerprint density at radius 3 is 2.26 bits per heavy atom. The molecule has 4 N–H and O–H groups in total. The lowest BCUT2D eigenvalue weighted by molar-refractivity contribution is -0.143. The van der Waals surface area contributed by atoms with Crippen molar-refractivity contribution in [1.82, 2.24) is 20.9 Å². The average Bonchev–Trinajstić information content (AvgIpc) is 3.57. The topological polar surface area (TPSA) is 180 Å². The number of likely N-dealkylation sites (tertiary alicyclic amines) is 1. The minimum Gasteiger partial charge on any atom is -0.493 e. The molecule has 3 unspecified atom stereocenters. The molecule has 1 aliphatic heterocycles. The number of methoxy groups -OCH3 is 1. The van der Waals surface area contributed by atoms with Crippen LogP contribution in [-0.2, 0) is 39.9 Å². The maximum absolute atomic E-state index is 13.0. The number of carboxylic acids is 1. The third kappa shape index (κ3) is 15.0. The SMILES string of the molecule is C1CCCCC1.CCCC(NC(=O)C1CCCN1C(=O)CNC(=O)Cc1cccc(OCCC(C)OC)c1)C(=O)C(=O)NCC(=O)O. The predicted octanol–water partition coefficient (Wildman–Crippen LogP) is 2.54. The summed E-state index contributed by atoms with van der Waals surface area (Å²) in [5.41, 5.74) is 0.713. The van der Waals surface area contributed by atoms with Crippen molar-refractivity contribution in [3.8, 4) is 5.75 Å². The molecule has 0 radical (unpaired) electrons. The van der Waals surface area contributed by atoms with Crippen LogP contribution in [0.3, 0.4) is 0 Å². The minimum absolute atomic E-state index is 0.0353. The summed E-state index contributed by atoms with van der Waals surface area (Å²) in [6.07, 6.45) is 11.4. The van der Waals surface area contributed by atoms with Gasteiger partial charge in [-0.25, -0.2) is 0 Å². The van der Waals surface area contributed by atoms with Gasteiger partial charge >= 0.3 is 5.97 Å². The molecule has 0 aromatic heterocycles. The van der Waals surface area contributed by atoms with Crippen LogP contribution in [0.25, 0.3) is 0 Å². The Labute approximate surface area is 277 Å². The van der Waals surface area contributed by atoms with Gasteiger partial charge in [0.1, 0.15) is 18.3 Å². The Kier molecular flexibility index (Phi) is 18.1. The Bertz CT molecular complexity index is 1180. The maximum atomic E-state index is 13.0. The summed E-state index contributed by atoms with van der Waals surface area (Å²) < 4.78 is 10.9. The van der Waals surface area contributed by atoms with Gasteiger partial charge in [-0.1, -0.05) is 64.0 Å². The second kappa shape index (κ2) is 21.7. The number of amides is 4. The molecule has 13 heteroatoms. The molecule has 1 aromatic rings. The summed E-state index contributed by atoms with van der Waals surface area (Å²) in [6.45, 7) is 3.46.